The van der Waals surface area contributed by atoms with E-state index in [1.54, 1.807) is 24.8 Å². The van der Waals surface area contributed by atoms with Crippen LogP contribution in [0.1, 0.15) is 11.4 Å². The molecule has 8 aromatic carbocycles. The molecule has 0 saturated carbocycles. The molecule has 0 radical (unpaired) electrons. The molecule has 10 aromatic rings. The molecule has 0 fully saturated rings. The Bertz CT molecular complexity index is 3430. The summed E-state index contributed by atoms with van der Waals surface area (Å²) in [5.41, 5.74) is 13.4. The number of fused-ring (bicyclic) bond motifs is 11. The molecule has 54 heavy (non-hydrogen) atoms. The normalized spacial score (nSPS) is 12.0. The van der Waals surface area contributed by atoms with Crippen molar-refractivity contribution in [2.75, 3.05) is 0 Å². The van der Waals surface area contributed by atoms with Gasteiger partial charge in [0, 0.05) is 16.7 Å². The Balaban J connectivity index is 1.25. The summed E-state index contributed by atoms with van der Waals surface area (Å²) in [4.78, 5) is 18.6. The second-order valence-electron chi connectivity index (χ2n) is 14.0. The molecular weight excluding hydrogens is 661 g/mol. The molecule has 12 rings (SSSR count). The van der Waals surface area contributed by atoms with Crippen LogP contribution in [0.15, 0.2) is 134 Å². The Kier molecular flexibility index (Phi) is 5.55. The lowest BCUT2D eigenvalue weighted by Gasteiger charge is -2.18. The van der Waals surface area contributed by atoms with Crippen molar-refractivity contribution in [2.24, 2.45) is 0 Å². The number of hydrogen-bond acceptors (Lipinski definition) is 6. The van der Waals surface area contributed by atoms with E-state index in [0.717, 1.165) is 60.1 Å². The molecule has 2 heterocycles. The number of nitriles is 2. The maximum absolute atomic E-state index is 9.57. The van der Waals surface area contributed by atoms with Crippen molar-refractivity contribution < 1.29 is 0 Å². The molecule has 0 unspecified atom stereocenters. The summed E-state index contributed by atoms with van der Waals surface area (Å²) < 4.78 is 0. The van der Waals surface area contributed by atoms with Crippen molar-refractivity contribution in [3.63, 3.8) is 0 Å². The van der Waals surface area contributed by atoms with Crippen LogP contribution >= 0.6 is 0 Å². The molecule has 0 aliphatic heterocycles. The van der Waals surface area contributed by atoms with E-state index in [4.69, 9.17) is 9.97 Å². The van der Waals surface area contributed by atoms with Gasteiger partial charge in [-0.2, -0.15) is 10.5 Å². The van der Waals surface area contributed by atoms with Gasteiger partial charge >= 0.3 is 0 Å². The van der Waals surface area contributed by atoms with E-state index in [0.29, 0.717) is 11.4 Å². The van der Waals surface area contributed by atoms with E-state index in [1.807, 2.05) is 0 Å². The molecule has 6 heteroatoms. The quantitative estimate of drug-likeness (QED) is 0.168. The molecule has 244 valence electrons. The molecule has 0 atom stereocenters. The minimum atomic E-state index is 0.273. The summed E-state index contributed by atoms with van der Waals surface area (Å²) in [5, 5.41) is 30.5. The second-order valence-corrected chi connectivity index (χ2v) is 14.0. The van der Waals surface area contributed by atoms with Crippen molar-refractivity contribution in [2.45, 2.75) is 0 Å². The smallest absolute Gasteiger partial charge is 0.158 e. The summed E-state index contributed by atoms with van der Waals surface area (Å²) in [6.07, 6.45) is 6.53. The van der Waals surface area contributed by atoms with Gasteiger partial charge in [0.05, 0.1) is 36.2 Å². The fourth-order valence-electron chi connectivity index (χ4n) is 9.17. The summed E-state index contributed by atoms with van der Waals surface area (Å²) in [6.45, 7) is 0. The van der Waals surface area contributed by atoms with Gasteiger partial charge in [-0.25, -0.2) is 9.97 Å². The average Bonchev–Trinajstić information content (AvgIpc) is 3.73. The molecular formula is C48H22N6. The minimum absolute atomic E-state index is 0.273. The van der Waals surface area contributed by atoms with Gasteiger partial charge in [0.15, 0.2) is 11.4 Å². The van der Waals surface area contributed by atoms with Crippen LogP contribution in [-0.2, 0) is 0 Å². The third kappa shape index (κ3) is 3.71. The number of hydrogen-bond donors (Lipinski definition) is 0. The Labute approximate surface area is 307 Å². The first kappa shape index (κ1) is 28.8. The van der Waals surface area contributed by atoms with Crippen LogP contribution < -0.4 is 0 Å². The zero-order chi connectivity index (χ0) is 35.7. The lowest BCUT2D eigenvalue weighted by atomic mass is 9.85. The van der Waals surface area contributed by atoms with Crippen LogP contribution in [0.5, 0.6) is 0 Å². The number of nitrogens with zero attached hydrogens (tertiary/aromatic N) is 6. The van der Waals surface area contributed by atoms with E-state index < -0.39 is 0 Å². The van der Waals surface area contributed by atoms with E-state index in [2.05, 4.69) is 131 Å². The van der Waals surface area contributed by atoms with Crippen LogP contribution in [0.3, 0.4) is 0 Å². The van der Waals surface area contributed by atoms with E-state index >= 15 is 0 Å². The van der Waals surface area contributed by atoms with Crippen LogP contribution in [0.2, 0.25) is 0 Å². The van der Waals surface area contributed by atoms with E-state index in [9.17, 15) is 10.5 Å². The molecule has 0 spiro atoms. The Hall–Kier alpha value is -7.80. The summed E-state index contributed by atoms with van der Waals surface area (Å²) in [6, 6.07) is 44.0. The first-order chi connectivity index (χ1) is 26.7. The summed E-state index contributed by atoms with van der Waals surface area (Å²) in [5.74, 6) is 0. The van der Waals surface area contributed by atoms with Crippen molar-refractivity contribution in [1.29, 1.82) is 10.5 Å². The minimum Gasteiger partial charge on any atom is -0.252 e. The highest BCUT2D eigenvalue weighted by molar-refractivity contribution is 6.29. The molecule has 0 saturated heterocycles. The summed E-state index contributed by atoms with van der Waals surface area (Å²) in [7, 11) is 0. The predicted molar refractivity (Wildman–Crippen MR) is 214 cm³/mol. The van der Waals surface area contributed by atoms with Crippen LogP contribution in [0.4, 0.5) is 0 Å². The monoisotopic (exact) mass is 682 g/mol. The molecule has 0 amide bonds. The first-order valence-electron chi connectivity index (χ1n) is 17.7. The van der Waals surface area contributed by atoms with E-state index in [-0.39, 0.29) is 11.4 Å². The highest BCUT2D eigenvalue weighted by Crippen LogP contribution is 2.55. The Morgan fingerprint density at radius 3 is 1.44 bits per heavy atom. The largest absolute Gasteiger partial charge is 0.252 e. The highest BCUT2D eigenvalue weighted by atomic mass is 14.8. The molecule has 2 aliphatic carbocycles. The topological polar surface area (TPSA) is 99.1 Å². The SMILES string of the molecule is N#Cc1cnc(-c2cc3c4cc5c(c(-c6cnc(C#N)cn6)c4ccc3c3cc4c(cc23)-c2cccc3cccc-4c23)-c2cccc3cccc-5c23)cn1. The third-order valence-electron chi connectivity index (χ3n) is 11.4. The van der Waals surface area contributed by atoms with Crippen molar-refractivity contribution in [3.05, 3.63) is 145 Å². The first-order valence-corrected chi connectivity index (χ1v) is 17.7. The van der Waals surface area contributed by atoms with Crippen molar-refractivity contribution in [3.8, 4) is 79.2 Å². The fourth-order valence-corrected chi connectivity index (χ4v) is 9.17. The Morgan fingerprint density at radius 1 is 0.352 bits per heavy atom. The van der Waals surface area contributed by atoms with Crippen LogP contribution in [-0.4, -0.2) is 19.9 Å². The zero-order valence-corrected chi connectivity index (χ0v) is 28.4. The lowest BCUT2D eigenvalue weighted by Crippen LogP contribution is -1.95. The number of rotatable bonds is 2. The maximum Gasteiger partial charge on any atom is 0.158 e. The zero-order valence-electron chi connectivity index (χ0n) is 28.4. The van der Waals surface area contributed by atoms with Crippen LogP contribution in [0, 0.1) is 22.7 Å². The van der Waals surface area contributed by atoms with Gasteiger partial charge in [0.2, 0.25) is 0 Å². The van der Waals surface area contributed by atoms with Gasteiger partial charge in [-0.1, -0.05) is 84.9 Å². The van der Waals surface area contributed by atoms with Crippen LogP contribution in [0.25, 0.3) is 121 Å². The molecule has 6 nitrogen and oxygen atoms in total. The predicted octanol–water partition coefficient (Wildman–Crippen LogP) is 11.4. The second kappa shape index (κ2) is 10.4. The highest BCUT2D eigenvalue weighted by Gasteiger charge is 2.29. The van der Waals surface area contributed by atoms with Gasteiger partial charge in [-0.05, 0) is 117 Å². The lowest BCUT2D eigenvalue weighted by molar-refractivity contribution is 1.17. The third-order valence-corrected chi connectivity index (χ3v) is 11.4. The number of benzene rings is 8. The van der Waals surface area contributed by atoms with E-state index in [1.165, 1.54) is 49.4 Å². The van der Waals surface area contributed by atoms with Crippen molar-refractivity contribution >= 4 is 53.9 Å². The van der Waals surface area contributed by atoms with Crippen molar-refractivity contribution in [1.82, 2.24) is 19.9 Å². The molecule has 2 aliphatic rings. The fraction of sp³-hybridized carbons (Fsp3) is 0. The summed E-state index contributed by atoms with van der Waals surface area (Å²) >= 11 is 0. The molecule has 2 aromatic heterocycles. The van der Waals surface area contributed by atoms with Gasteiger partial charge in [-0.3, -0.25) is 9.97 Å². The number of aromatic nitrogens is 4. The average molecular weight is 683 g/mol. The van der Waals surface area contributed by atoms with Gasteiger partial charge in [0.1, 0.15) is 12.1 Å². The Morgan fingerprint density at radius 2 is 0.833 bits per heavy atom. The molecule has 0 N–H and O–H groups in total. The van der Waals surface area contributed by atoms with Gasteiger partial charge in [0.25, 0.3) is 0 Å². The maximum atomic E-state index is 9.57. The standard InChI is InChI=1S/C48H22N6/c49-19-27-21-53-43(23-51-27)41-17-36-29(35-15-37-30-9-1-5-25-6-2-10-31(45(25)30)38(37)16-40(35)41)13-14-33-39(36)18-42-32-11-3-7-26-8-4-12-34(46(26)32)47(42)48(33)44-24-52-28(20-50)22-54-44/h1-18,21-24H. The van der Waals surface area contributed by atoms with Gasteiger partial charge < -0.3 is 0 Å². The van der Waals surface area contributed by atoms with Gasteiger partial charge in [-0.15, -0.1) is 0 Å². The molecule has 0 bridgehead atoms.